The quantitative estimate of drug-likeness (QED) is 0.813. The molecule has 1 aromatic carbocycles. The predicted octanol–water partition coefficient (Wildman–Crippen LogP) is 3.02. The van der Waals surface area contributed by atoms with Crippen molar-refractivity contribution in [1.29, 1.82) is 5.26 Å². The van der Waals surface area contributed by atoms with Crippen LogP contribution in [0, 0.1) is 18.3 Å². The molecule has 0 aliphatic carbocycles. The van der Waals surface area contributed by atoms with E-state index in [0.717, 1.165) is 16.5 Å². The van der Waals surface area contributed by atoms with Gasteiger partial charge < -0.3 is 4.74 Å². The highest BCUT2D eigenvalue weighted by molar-refractivity contribution is 5.91. The molecule has 4 nitrogen and oxygen atoms in total. The number of hydrogen-bond donors (Lipinski definition) is 0. The third-order valence-electron chi connectivity index (χ3n) is 2.74. The van der Waals surface area contributed by atoms with Gasteiger partial charge in [-0.25, -0.2) is 9.36 Å². The number of aryl methyl sites for hydroxylation is 1. The van der Waals surface area contributed by atoms with Gasteiger partial charge in [0.25, 0.3) is 0 Å². The van der Waals surface area contributed by atoms with Gasteiger partial charge in [-0.1, -0.05) is 11.6 Å². The molecule has 0 bridgehead atoms. The minimum atomic E-state index is -0.429. The van der Waals surface area contributed by atoms with E-state index < -0.39 is 6.09 Å². The van der Waals surface area contributed by atoms with Crippen molar-refractivity contribution in [2.45, 2.75) is 20.3 Å². The molecule has 0 spiro atoms. The second kappa shape index (κ2) is 4.92. The fraction of sp³-hybridized carbons (Fsp3) is 0.286. The number of fused-ring (bicyclic) bond motifs is 1. The number of aromatic nitrogens is 1. The zero-order valence-corrected chi connectivity index (χ0v) is 10.4. The second-order valence-electron chi connectivity index (χ2n) is 4.07. The average Bonchev–Trinajstić information content (AvgIpc) is 2.67. The first-order chi connectivity index (χ1) is 8.67. The molecule has 2 rings (SSSR count). The van der Waals surface area contributed by atoms with E-state index in [0.29, 0.717) is 12.3 Å². The number of nitrogens with zero attached hydrogens (tertiary/aromatic N) is 2. The summed E-state index contributed by atoms with van der Waals surface area (Å²) < 4.78 is 6.50. The van der Waals surface area contributed by atoms with E-state index in [9.17, 15) is 4.79 Å². The van der Waals surface area contributed by atoms with Crippen LogP contribution in [-0.2, 0) is 11.2 Å². The number of carbonyl (C=O) groups is 1. The molecule has 4 heteroatoms. The smallest absolute Gasteiger partial charge is 0.418 e. The SMILES string of the molecule is CCOC(=O)n1c(CC#N)cc2cc(C)ccc21. The van der Waals surface area contributed by atoms with Crippen molar-refractivity contribution in [2.24, 2.45) is 0 Å². The summed E-state index contributed by atoms with van der Waals surface area (Å²) in [6.07, 6.45) is -0.242. The Balaban J connectivity index is 2.63. The summed E-state index contributed by atoms with van der Waals surface area (Å²) >= 11 is 0. The van der Waals surface area contributed by atoms with Crippen LogP contribution in [0.25, 0.3) is 10.9 Å². The molecule has 1 heterocycles. The van der Waals surface area contributed by atoms with E-state index in [1.54, 1.807) is 6.92 Å². The third-order valence-corrected chi connectivity index (χ3v) is 2.74. The van der Waals surface area contributed by atoms with Gasteiger partial charge in [0.15, 0.2) is 0 Å². The van der Waals surface area contributed by atoms with Crippen LogP contribution in [-0.4, -0.2) is 17.3 Å². The molecule has 0 atom stereocenters. The van der Waals surface area contributed by atoms with E-state index in [4.69, 9.17) is 10.00 Å². The summed E-state index contributed by atoms with van der Waals surface area (Å²) in [5.41, 5.74) is 2.56. The summed E-state index contributed by atoms with van der Waals surface area (Å²) in [6.45, 7) is 4.07. The first-order valence-corrected chi connectivity index (χ1v) is 5.82. The Morgan fingerprint density at radius 3 is 2.89 bits per heavy atom. The summed E-state index contributed by atoms with van der Waals surface area (Å²) in [6, 6.07) is 9.74. The van der Waals surface area contributed by atoms with Crippen LogP contribution in [0.4, 0.5) is 4.79 Å². The maximum atomic E-state index is 11.9. The lowest BCUT2D eigenvalue weighted by Gasteiger charge is -2.07. The maximum absolute atomic E-state index is 11.9. The molecule has 92 valence electrons. The minimum Gasteiger partial charge on any atom is -0.449 e. The highest BCUT2D eigenvalue weighted by atomic mass is 16.5. The molecular formula is C14H14N2O2. The van der Waals surface area contributed by atoms with E-state index >= 15 is 0 Å². The lowest BCUT2D eigenvalue weighted by Crippen LogP contribution is -2.15. The van der Waals surface area contributed by atoms with Crippen LogP contribution < -0.4 is 0 Å². The van der Waals surface area contributed by atoms with Crippen LogP contribution in [0.15, 0.2) is 24.3 Å². The summed E-state index contributed by atoms with van der Waals surface area (Å²) in [5, 5.41) is 9.77. The van der Waals surface area contributed by atoms with Crippen molar-refractivity contribution in [3.8, 4) is 6.07 Å². The van der Waals surface area contributed by atoms with Gasteiger partial charge in [0.2, 0.25) is 0 Å². The number of carbonyl (C=O) groups excluding carboxylic acids is 1. The van der Waals surface area contributed by atoms with E-state index in [1.165, 1.54) is 4.57 Å². The number of nitriles is 1. The lowest BCUT2D eigenvalue weighted by molar-refractivity contribution is 0.154. The van der Waals surface area contributed by atoms with Crippen LogP contribution in [0.5, 0.6) is 0 Å². The minimum absolute atomic E-state index is 0.187. The molecule has 1 aromatic heterocycles. The topological polar surface area (TPSA) is 55.0 Å². The molecule has 2 aromatic rings. The molecule has 0 saturated carbocycles. The van der Waals surface area contributed by atoms with Gasteiger partial charge in [-0.05, 0) is 32.0 Å². The highest BCUT2D eigenvalue weighted by Gasteiger charge is 2.15. The first kappa shape index (κ1) is 12.2. The average molecular weight is 242 g/mol. The highest BCUT2D eigenvalue weighted by Crippen LogP contribution is 2.22. The van der Waals surface area contributed by atoms with Crippen molar-refractivity contribution in [3.05, 3.63) is 35.5 Å². The van der Waals surface area contributed by atoms with Gasteiger partial charge in [-0.15, -0.1) is 0 Å². The molecular weight excluding hydrogens is 228 g/mol. The molecule has 0 N–H and O–H groups in total. The number of benzene rings is 1. The van der Waals surface area contributed by atoms with Crippen molar-refractivity contribution in [2.75, 3.05) is 6.61 Å². The Kier molecular flexibility index (Phi) is 3.33. The monoisotopic (exact) mass is 242 g/mol. The van der Waals surface area contributed by atoms with E-state index in [2.05, 4.69) is 6.07 Å². The van der Waals surface area contributed by atoms with Crippen molar-refractivity contribution in [3.63, 3.8) is 0 Å². The molecule has 0 radical (unpaired) electrons. The Labute approximate surface area is 105 Å². The summed E-state index contributed by atoms with van der Waals surface area (Å²) in [5.74, 6) is 0. The molecule has 0 saturated heterocycles. The molecule has 0 unspecified atom stereocenters. The molecule has 0 aliphatic rings. The number of rotatable bonds is 2. The largest absolute Gasteiger partial charge is 0.449 e. The number of hydrogen-bond acceptors (Lipinski definition) is 3. The van der Waals surface area contributed by atoms with Gasteiger partial charge in [-0.2, -0.15) is 5.26 Å². The second-order valence-corrected chi connectivity index (χ2v) is 4.07. The molecule has 0 fully saturated rings. The number of ether oxygens (including phenoxy) is 1. The van der Waals surface area contributed by atoms with Crippen molar-refractivity contribution >= 4 is 17.0 Å². The standard InChI is InChI=1S/C14H14N2O2/c1-3-18-14(17)16-12(6-7-15)9-11-8-10(2)4-5-13(11)16/h4-5,8-9H,3,6H2,1-2H3. The van der Waals surface area contributed by atoms with E-state index in [-0.39, 0.29) is 6.42 Å². The van der Waals surface area contributed by atoms with Crippen molar-refractivity contribution < 1.29 is 9.53 Å². The molecule has 0 aliphatic heterocycles. The molecule has 18 heavy (non-hydrogen) atoms. The van der Waals surface area contributed by atoms with Gasteiger partial charge in [0.1, 0.15) is 0 Å². The normalized spacial score (nSPS) is 10.3. The maximum Gasteiger partial charge on any atom is 0.418 e. The zero-order chi connectivity index (χ0) is 13.1. The van der Waals surface area contributed by atoms with Crippen LogP contribution in [0.1, 0.15) is 18.2 Å². The Bertz CT molecular complexity index is 635. The van der Waals surface area contributed by atoms with Gasteiger partial charge in [-0.3, -0.25) is 0 Å². The Morgan fingerprint density at radius 2 is 2.22 bits per heavy atom. The van der Waals surface area contributed by atoms with Crippen LogP contribution >= 0.6 is 0 Å². The Morgan fingerprint density at radius 1 is 1.44 bits per heavy atom. The van der Waals surface area contributed by atoms with Gasteiger partial charge >= 0.3 is 6.09 Å². The first-order valence-electron chi connectivity index (χ1n) is 5.82. The summed E-state index contributed by atoms with van der Waals surface area (Å²) in [4.78, 5) is 11.9. The third kappa shape index (κ3) is 2.07. The van der Waals surface area contributed by atoms with Crippen LogP contribution in [0.3, 0.4) is 0 Å². The fourth-order valence-corrected chi connectivity index (χ4v) is 2.01. The lowest BCUT2D eigenvalue weighted by atomic mass is 10.2. The van der Waals surface area contributed by atoms with E-state index in [1.807, 2.05) is 31.2 Å². The Hall–Kier alpha value is -2.28. The predicted molar refractivity (Wildman–Crippen MR) is 68.4 cm³/mol. The zero-order valence-electron chi connectivity index (χ0n) is 10.4. The molecule has 0 amide bonds. The van der Waals surface area contributed by atoms with Gasteiger partial charge in [0, 0.05) is 11.1 Å². The fourth-order valence-electron chi connectivity index (χ4n) is 2.01. The van der Waals surface area contributed by atoms with Crippen molar-refractivity contribution in [1.82, 2.24) is 4.57 Å². The van der Waals surface area contributed by atoms with Crippen LogP contribution in [0.2, 0.25) is 0 Å². The summed E-state index contributed by atoms with van der Waals surface area (Å²) in [7, 11) is 0. The van der Waals surface area contributed by atoms with Gasteiger partial charge in [0.05, 0.1) is 24.6 Å².